The fraction of sp³-hybridized carbons (Fsp3) is 0.500. The van der Waals surface area contributed by atoms with E-state index in [2.05, 4.69) is 19.1 Å². The minimum atomic E-state index is -4.64. The predicted molar refractivity (Wildman–Crippen MR) is 84.3 cm³/mol. The summed E-state index contributed by atoms with van der Waals surface area (Å²) in [6.07, 6.45) is -7.01. The molecule has 14 nitrogen and oxygen atoms in total. The fourth-order valence-electron chi connectivity index (χ4n) is 2.44. The van der Waals surface area contributed by atoms with Crippen LogP contribution in [0.1, 0.15) is 6.23 Å². The lowest BCUT2D eigenvalue weighted by Gasteiger charge is -2.16. The van der Waals surface area contributed by atoms with Gasteiger partial charge >= 0.3 is 17.9 Å². The highest BCUT2D eigenvalue weighted by atomic mass is 32.5. The average molecular weight is 411 g/mol. The Balaban J connectivity index is 1.90. The standard InChI is InChI=1S/C10H14N5O9PS/c11-10-13-6-2(7(18)14-10)12-1-15(6)8-4(17)3(16)5(23-8)9(19)24-26-25(20,21)22/h1,3-5,8-9,16-17,19H,(H5-,11,13,14,18,20,21,22)/t3-,4+,5-,8+,9?/m0/s1. The number of rotatable bonds is 4. The summed E-state index contributed by atoms with van der Waals surface area (Å²) in [5.74, 6) is -0.213. The summed E-state index contributed by atoms with van der Waals surface area (Å²) in [6, 6.07) is 0. The summed E-state index contributed by atoms with van der Waals surface area (Å²) in [7, 11) is 0. The summed E-state index contributed by atoms with van der Waals surface area (Å²) in [5.41, 5.74) is 4.71. The second-order valence-corrected chi connectivity index (χ2v) is 8.50. The number of imidazole rings is 1. The van der Waals surface area contributed by atoms with Crippen LogP contribution in [0.15, 0.2) is 11.1 Å². The van der Waals surface area contributed by atoms with Crippen LogP contribution < -0.4 is 16.2 Å². The Morgan fingerprint density at radius 3 is 2.81 bits per heavy atom. The van der Waals surface area contributed by atoms with Crippen molar-refractivity contribution in [1.82, 2.24) is 19.5 Å². The molecule has 16 heteroatoms. The second-order valence-electron chi connectivity index (χ2n) is 5.30. The van der Waals surface area contributed by atoms with Gasteiger partial charge in [-0.25, -0.2) is 4.98 Å². The van der Waals surface area contributed by atoms with Crippen molar-refractivity contribution in [3.63, 3.8) is 0 Å². The smallest absolute Gasteiger partial charge is 0.402 e. The first-order chi connectivity index (χ1) is 12.1. The van der Waals surface area contributed by atoms with Gasteiger partial charge in [0.25, 0.3) is 5.56 Å². The van der Waals surface area contributed by atoms with Gasteiger partial charge in [-0.15, -0.1) is 0 Å². The van der Waals surface area contributed by atoms with Gasteiger partial charge in [0.1, 0.15) is 18.3 Å². The van der Waals surface area contributed by atoms with Crippen LogP contribution in [0.5, 0.6) is 0 Å². The van der Waals surface area contributed by atoms with Gasteiger partial charge in [0.15, 0.2) is 17.4 Å². The minimum absolute atomic E-state index is 0.0387. The summed E-state index contributed by atoms with van der Waals surface area (Å²) < 4.78 is 11.0. The number of nitrogens with zero attached hydrogens (tertiary/aromatic N) is 3. The molecule has 1 aliphatic heterocycles. The van der Waals surface area contributed by atoms with Crippen molar-refractivity contribution in [2.24, 2.45) is 0 Å². The molecule has 3 heterocycles. The van der Waals surface area contributed by atoms with Crippen molar-refractivity contribution < 1.29 is 38.9 Å². The van der Waals surface area contributed by atoms with E-state index in [-0.39, 0.29) is 28.3 Å². The van der Waals surface area contributed by atoms with Gasteiger partial charge in [0.05, 0.1) is 6.33 Å². The molecule has 1 unspecified atom stereocenters. The Labute approximate surface area is 147 Å². The number of nitrogens with two attached hydrogens (primary N) is 1. The molecule has 0 amide bonds. The molecular formula is C10H14N5O9PS. The van der Waals surface area contributed by atoms with Crippen LogP contribution in [0.25, 0.3) is 11.2 Å². The summed E-state index contributed by atoms with van der Waals surface area (Å²) >= 11 is -0.313. The molecule has 0 spiro atoms. The number of aromatic amines is 1. The van der Waals surface area contributed by atoms with E-state index >= 15 is 0 Å². The summed E-state index contributed by atoms with van der Waals surface area (Å²) in [6.45, 7) is -4.64. The minimum Gasteiger partial charge on any atom is -0.739 e. The van der Waals surface area contributed by atoms with E-state index in [0.29, 0.717) is 0 Å². The molecule has 1 aliphatic rings. The van der Waals surface area contributed by atoms with Crippen LogP contribution in [0, 0.1) is 0 Å². The zero-order valence-corrected chi connectivity index (χ0v) is 14.3. The number of ether oxygens (including phenoxy) is 1. The van der Waals surface area contributed by atoms with E-state index in [4.69, 9.17) is 20.3 Å². The van der Waals surface area contributed by atoms with E-state index in [1.165, 1.54) is 0 Å². The van der Waals surface area contributed by atoms with Crippen LogP contribution >= 0.6 is 6.72 Å². The van der Waals surface area contributed by atoms with Crippen LogP contribution in [-0.4, -0.2) is 69.2 Å². The highest BCUT2D eigenvalue weighted by Gasteiger charge is 2.49. The highest BCUT2D eigenvalue weighted by Crippen LogP contribution is 2.33. The Bertz CT molecular complexity index is 919. The first-order valence-corrected chi connectivity index (χ1v) is 9.87. The lowest BCUT2D eigenvalue weighted by atomic mass is 10.1. The summed E-state index contributed by atoms with van der Waals surface area (Å²) in [5, 5.41) is 30.0. The van der Waals surface area contributed by atoms with Crippen molar-refractivity contribution in [3.05, 3.63) is 16.7 Å². The van der Waals surface area contributed by atoms with E-state index in [9.17, 15) is 25.0 Å². The van der Waals surface area contributed by atoms with Gasteiger partial charge < -0.3 is 40.5 Å². The Kier molecular flexibility index (Phi) is 5.11. The molecule has 5 atom stereocenters. The molecule has 1 saturated heterocycles. The molecule has 0 aromatic carbocycles. The van der Waals surface area contributed by atoms with E-state index in [1.54, 1.807) is 0 Å². The monoisotopic (exact) mass is 411 g/mol. The van der Waals surface area contributed by atoms with Gasteiger partial charge in [0, 0.05) is 0 Å². The Morgan fingerprint density at radius 2 is 2.15 bits per heavy atom. The lowest BCUT2D eigenvalue weighted by molar-refractivity contribution is -0.197. The van der Waals surface area contributed by atoms with Crippen LogP contribution in [-0.2, 0) is 20.1 Å². The zero-order valence-electron chi connectivity index (χ0n) is 12.6. The topological polar surface area (TPSA) is 232 Å². The normalized spacial score (nSPS) is 27.8. The lowest BCUT2D eigenvalue weighted by Crippen LogP contribution is -2.39. The molecule has 2 aromatic rings. The molecule has 3 rings (SSSR count). The van der Waals surface area contributed by atoms with E-state index in [1.807, 2.05) is 0 Å². The van der Waals surface area contributed by atoms with Crippen LogP contribution in [0.2, 0.25) is 0 Å². The molecule has 0 saturated carbocycles. The fourth-order valence-corrected chi connectivity index (χ4v) is 3.35. The van der Waals surface area contributed by atoms with Gasteiger partial charge in [-0.2, -0.15) is 4.98 Å². The van der Waals surface area contributed by atoms with E-state index < -0.39 is 43.1 Å². The maximum Gasteiger partial charge on any atom is 0.402 e. The quantitative estimate of drug-likeness (QED) is 0.109. The number of nitrogens with one attached hydrogen (secondary N) is 1. The van der Waals surface area contributed by atoms with Gasteiger partial charge in [-0.05, 0) is 0 Å². The molecule has 2 aromatic heterocycles. The van der Waals surface area contributed by atoms with Crippen LogP contribution in [0.3, 0.4) is 0 Å². The van der Waals surface area contributed by atoms with E-state index in [0.717, 1.165) is 10.9 Å². The van der Waals surface area contributed by atoms with Gasteiger partial charge in [-0.1, -0.05) is 4.18 Å². The molecule has 144 valence electrons. The third-order valence-electron chi connectivity index (χ3n) is 3.52. The molecule has 1 fully saturated rings. The maximum absolute atomic E-state index is 11.8. The average Bonchev–Trinajstić information content (AvgIpc) is 3.07. The predicted octanol–water partition coefficient (Wildman–Crippen LogP) is -4.32. The number of hydrogen-bond donors (Lipinski definition) is 7. The largest absolute Gasteiger partial charge is 0.739 e. The number of aliphatic hydroxyl groups excluding tert-OH is 3. The number of hydrogen-bond acceptors (Lipinski definition) is 10. The molecule has 0 bridgehead atoms. The van der Waals surface area contributed by atoms with Gasteiger partial charge in [0.2, 0.25) is 12.2 Å². The van der Waals surface area contributed by atoms with Crippen molar-refractivity contribution in [2.75, 3.05) is 5.73 Å². The number of aromatic nitrogens is 4. The van der Waals surface area contributed by atoms with Gasteiger partial charge in [-0.3, -0.25) is 14.3 Å². The second kappa shape index (κ2) is 6.90. The number of aliphatic hydroxyl groups is 3. The SMILES string of the molecule is Nc1nc2c(ncn2[C@@H]2O[C@H](C(O)O[S+]=P([O-])(O)O)[C@@H](O)[C@H]2O)c(=O)[nH]1. The molecule has 0 aliphatic carbocycles. The molecular weight excluding hydrogens is 397 g/mol. The summed E-state index contributed by atoms with van der Waals surface area (Å²) in [4.78, 5) is 49.9. The third-order valence-corrected chi connectivity index (χ3v) is 4.84. The van der Waals surface area contributed by atoms with Crippen molar-refractivity contribution in [1.29, 1.82) is 0 Å². The van der Waals surface area contributed by atoms with Crippen molar-refractivity contribution in [3.8, 4) is 0 Å². The van der Waals surface area contributed by atoms with Crippen molar-refractivity contribution in [2.45, 2.75) is 30.8 Å². The number of anilines is 1. The zero-order chi connectivity index (χ0) is 19.2. The third kappa shape index (κ3) is 3.63. The van der Waals surface area contributed by atoms with Crippen LogP contribution in [0.4, 0.5) is 5.95 Å². The first kappa shape index (κ1) is 19.2. The maximum atomic E-state index is 11.8. The highest BCUT2D eigenvalue weighted by molar-refractivity contribution is 8.13. The Morgan fingerprint density at radius 1 is 1.46 bits per heavy atom. The Hall–Kier alpha value is -1.52. The number of nitrogen functional groups attached to an aromatic ring is 1. The molecule has 0 radical (unpaired) electrons. The molecule has 8 N–H and O–H groups in total. The van der Waals surface area contributed by atoms with Crippen molar-refractivity contribution >= 4 is 35.1 Å². The first-order valence-electron chi connectivity index (χ1n) is 6.91. The number of H-pyrrole nitrogens is 1. The number of fused-ring (bicyclic) bond motifs is 1. The molecule has 26 heavy (non-hydrogen) atoms.